The standard InChI is InChI=1S/C14H21N3O/c1-2-3-14(18)17-10-8-16(9-11-17)13-6-4-12(15)5-7-13/h4-7H,2-3,8-11,15H2,1H3. The minimum atomic E-state index is 0.287. The van der Waals surface area contributed by atoms with E-state index in [4.69, 9.17) is 5.73 Å². The molecule has 18 heavy (non-hydrogen) atoms. The van der Waals surface area contributed by atoms with Gasteiger partial charge in [0.2, 0.25) is 5.91 Å². The zero-order valence-electron chi connectivity index (χ0n) is 10.9. The Morgan fingerprint density at radius 2 is 1.78 bits per heavy atom. The third-order valence-corrected chi connectivity index (χ3v) is 3.35. The van der Waals surface area contributed by atoms with Crippen molar-refractivity contribution in [2.45, 2.75) is 19.8 Å². The lowest BCUT2D eigenvalue weighted by molar-refractivity contribution is -0.131. The second kappa shape index (κ2) is 5.76. The van der Waals surface area contributed by atoms with Crippen molar-refractivity contribution in [1.29, 1.82) is 0 Å². The molecule has 1 saturated heterocycles. The lowest BCUT2D eigenvalue weighted by atomic mass is 10.2. The van der Waals surface area contributed by atoms with Gasteiger partial charge in [0, 0.05) is 44.0 Å². The fraction of sp³-hybridized carbons (Fsp3) is 0.500. The highest BCUT2D eigenvalue weighted by Crippen LogP contribution is 2.18. The molecule has 0 spiro atoms. The van der Waals surface area contributed by atoms with Crippen LogP contribution in [-0.2, 0) is 4.79 Å². The summed E-state index contributed by atoms with van der Waals surface area (Å²) < 4.78 is 0. The van der Waals surface area contributed by atoms with Crippen molar-refractivity contribution in [1.82, 2.24) is 4.90 Å². The van der Waals surface area contributed by atoms with Gasteiger partial charge in [0.1, 0.15) is 0 Å². The van der Waals surface area contributed by atoms with Gasteiger partial charge in [-0.2, -0.15) is 0 Å². The van der Waals surface area contributed by atoms with Gasteiger partial charge in [-0.1, -0.05) is 6.92 Å². The summed E-state index contributed by atoms with van der Waals surface area (Å²) in [7, 11) is 0. The third kappa shape index (κ3) is 2.94. The summed E-state index contributed by atoms with van der Waals surface area (Å²) in [6.45, 7) is 5.49. The molecule has 1 aromatic carbocycles. The third-order valence-electron chi connectivity index (χ3n) is 3.35. The number of carbonyl (C=O) groups is 1. The molecule has 4 nitrogen and oxygen atoms in total. The van der Waals surface area contributed by atoms with E-state index < -0.39 is 0 Å². The average Bonchev–Trinajstić information content (AvgIpc) is 2.40. The molecular weight excluding hydrogens is 226 g/mol. The van der Waals surface area contributed by atoms with Crippen molar-refractivity contribution in [3.63, 3.8) is 0 Å². The van der Waals surface area contributed by atoms with Crippen molar-refractivity contribution in [3.8, 4) is 0 Å². The first-order valence-corrected chi connectivity index (χ1v) is 6.59. The molecule has 0 atom stereocenters. The highest BCUT2D eigenvalue weighted by Gasteiger charge is 2.20. The van der Waals surface area contributed by atoms with Gasteiger partial charge in [-0.3, -0.25) is 4.79 Å². The van der Waals surface area contributed by atoms with E-state index in [2.05, 4.69) is 4.90 Å². The van der Waals surface area contributed by atoms with Crippen LogP contribution in [0, 0.1) is 0 Å². The Hall–Kier alpha value is -1.71. The topological polar surface area (TPSA) is 49.6 Å². The first-order chi connectivity index (χ1) is 8.70. The molecule has 1 fully saturated rings. The van der Waals surface area contributed by atoms with Crippen molar-refractivity contribution in [2.75, 3.05) is 36.8 Å². The molecule has 1 aliphatic heterocycles. The van der Waals surface area contributed by atoms with Crippen LogP contribution in [0.2, 0.25) is 0 Å². The van der Waals surface area contributed by atoms with Crippen molar-refractivity contribution in [3.05, 3.63) is 24.3 Å². The highest BCUT2D eigenvalue weighted by molar-refractivity contribution is 5.76. The molecule has 0 unspecified atom stereocenters. The Bertz CT molecular complexity index is 394. The Morgan fingerprint density at radius 1 is 1.17 bits per heavy atom. The van der Waals surface area contributed by atoms with E-state index in [0.717, 1.165) is 38.3 Å². The molecule has 0 aliphatic carbocycles. The van der Waals surface area contributed by atoms with Gasteiger partial charge in [-0.15, -0.1) is 0 Å². The number of benzene rings is 1. The lowest BCUT2D eigenvalue weighted by Crippen LogP contribution is -2.48. The number of hydrogen-bond acceptors (Lipinski definition) is 3. The van der Waals surface area contributed by atoms with E-state index in [-0.39, 0.29) is 5.91 Å². The molecule has 1 aliphatic rings. The predicted octanol–water partition coefficient (Wildman–Crippen LogP) is 1.72. The van der Waals surface area contributed by atoms with Gasteiger partial charge < -0.3 is 15.5 Å². The highest BCUT2D eigenvalue weighted by atomic mass is 16.2. The van der Waals surface area contributed by atoms with Gasteiger partial charge in [-0.25, -0.2) is 0 Å². The van der Waals surface area contributed by atoms with E-state index in [1.165, 1.54) is 5.69 Å². The number of carbonyl (C=O) groups excluding carboxylic acids is 1. The Balaban J connectivity index is 1.90. The van der Waals surface area contributed by atoms with Crippen molar-refractivity contribution >= 4 is 17.3 Å². The van der Waals surface area contributed by atoms with Crippen LogP contribution in [-0.4, -0.2) is 37.0 Å². The fourth-order valence-electron chi connectivity index (χ4n) is 2.27. The normalized spacial score (nSPS) is 15.8. The van der Waals surface area contributed by atoms with E-state index in [1.54, 1.807) is 0 Å². The molecule has 98 valence electrons. The smallest absolute Gasteiger partial charge is 0.222 e. The second-order valence-electron chi connectivity index (χ2n) is 4.71. The van der Waals surface area contributed by atoms with Crippen LogP contribution < -0.4 is 10.6 Å². The number of nitrogen functional groups attached to an aromatic ring is 1. The van der Waals surface area contributed by atoms with Crippen LogP contribution in [0.5, 0.6) is 0 Å². The number of piperazine rings is 1. The fourth-order valence-corrected chi connectivity index (χ4v) is 2.27. The van der Waals surface area contributed by atoms with Gasteiger partial charge in [0.15, 0.2) is 0 Å². The summed E-state index contributed by atoms with van der Waals surface area (Å²) in [5.41, 5.74) is 7.65. The van der Waals surface area contributed by atoms with Crippen LogP contribution in [0.1, 0.15) is 19.8 Å². The average molecular weight is 247 g/mol. The number of anilines is 2. The first kappa shape index (κ1) is 12.7. The number of hydrogen-bond donors (Lipinski definition) is 1. The van der Waals surface area contributed by atoms with Crippen LogP contribution in [0.15, 0.2) is 24.3 Å². The van der Waals surface area contributed by atoms with Crippen LogP contribution in [0.25, 0.3) is 0 Å². The summed E-state index contributed by atoms with van der Waals surface area (Å²) in [5.74, 6) is 0.287. The van der Waals surface area contributed by atoms with E-state index in [0.29, 0.717) is 6.42 Å². The Kier molecular flexibility index (Phi) is 4.07. The molecule has 0 radical (unpaired) electrons. The van der Waals surface area contributed by atoms with Gasteiger partial charge in [0.05, 0.1) is 0 Å². The summed E-state index contributed by atoms with van der Waals surface area (Å²) in [4.78, 5) is 16.0. The minimum absolute atomic E-state index is 0.287. The first-order valence-electron chi connectivity index (χ1n) is 6.59. The van der Waals surface area contributed by atoms with Crippen LogP contribution >= 0.6 is 0 Å². The maximum absolute atomic E-state index is 11.8. The largest absolute Gasteiger partial charge is 0.399 e. The minimum Gasteiger partial charge on any atom is -0.399 e. The quantitative estimate of drug-likeness (QED) is 0.827. The Morgan fingerprint density at radius 3 is 2.33 bits per heavy atom. The number of amides is 1. The Labute approximate surface area is 108 Å². The number of nitrogens with two attached hydrogens (primary N) is 1. The van der Waals surface area contributed by atoms with E-state index in [1.807, 2.05) is 36.1 Å². The molecular formula is C14H21N3O. The maximum Gasteiger partial charge on any atom is 0.222 e. The summed E-state index contributed by atoms with van der Waals surface area (Å²) >= 11 is 0. The van der Waals surface area contributed by atoms with Gasteiger partial charge >= 0.3 is 0 Å². The molecule has 1 amide bonds. The molecule has 1 aromatic rings. The summed E-state index contributed by atoms with van der Waals surface area (Å²) in [6, 6.07) is 7.92. The lowest BCUT2D eigenvalue weighted by Gasteiger charge is -2.36. The van der Waals surface area contributed by atoms with Gasteiger partial charge in [-0.05, 0) is 30.7 Å². The molecule has 0 bridgehead atoms. The number of rotatable bonds is 3. The predicted molar refractivity (Wildman–Crippen MR) is 74.6 cm³/mol. The van der Waals surface area contributed by atoms with E-state index >= 15 is 0 Å². The summed E-state index contributed by atoms with van der Waals surface area (Å²) in [6.07, 6.45) is 1.60. The van der Waals surface area contributed by atoms with Crippen molar-refractivity contribution < 1.29 is 4.79 Å². The second-order valence-corrected chi connectivity index (χ2v) is 4.71. The zero-order valence-corrected chi connectivity index (χ0v) is 10.9. The maximum atomic E-state index is 11.8. The van der Waals surface area contributed by atoms with Crippen LogP contribution in [0.4, 0.5) is 11.4 Å². The monoisotopic (exact) mass is 247 g/mol. The molecule has 0 saturated carbocycles. The molecule has 2 N–H and O–H groups in total. The molecule has 1 heterocycles. The van der Waals surface area contributed by atoms with Crippen molar-refractivity contribution in [2.24, 2.45) is 0 Å². The summed E-state index contributed by atoms with van der Waals surface area (Å²) in [5, 5.41) is 0. The zero-order chi connectivity index (χ0) is 13.0. The molecule has 4 heteroatoms. The number of nitrogens with zero attached hydrogens (tertiary/aromatic N) is 2. The van der Waals surface area contributed by atoms with E-state index in [9.17, 15) is 4.79 Å². The molecule has 2 rings (SSSR count). The molecule has 0 aromatic heterocycles. The van der Waals surface area contributed by atoms with Gasteiger partial charge in [0.25, 0.3) is 0 Å². The SMILES string of the molecule is CCCC(=O)N1CCN(c2ccc(N)cc2)CC1. The van der Waals surface area contributed by atoms with Crippen LogP contribution in [0.3, 0.4) is 0 Å².